The van der Waals surface area contributed by atoms with Crippen LogP contribution in [0.15, 0.2) is 42.5 Å². The Morgan fingerprint density at radius 3 is 2.41 bits per heavy atom. The highest BCUT2D eigenvalue weighted by atomic mass is 19.4. The molecular weight excluding hydrogens is 359 g/mol. The number of H-pyrrole nitrogens is 1. The first kappa shape index (κ1) is 17.0. The molecule has 1 heterocycles. The van der Waals surface area contributed by atoms with Crippen LogP contribution in [0.3, 0.4) is 0 Å². The smallest absolute Gasteiger partial charge is 0.326 e. The second-order valence-electron chi connectivity index (χ2n) is 6.14. The van der Waals surface area contributed by atoms with Crippen molar-refractivity contribution >= 4 is 17.4 Å². The summed E-state index contributed by atoms with van der Waals surface area (Å²) in [6.07, 6.45) is -4.44. The number of carbonyl (C=O) groups excluding carboxylic acids is 2. The summed E-state index contributed by atoms with van der Waals surface area (Å²) in [7, 11) is 0. The van der Waals surface area contributed by atoms with Crippen LogP contribution in [-0.4, -0.2) is 21.9 Å². The van der Waals surface area contributed by atoms with Crippen LogP contribution in [0.1, 0.15) is 28.4 Å². The van der Waals surface area contributed by atoms with E-state index in [-0.39, 0.29) is 17.3 Å². The Bertz CT molecular complexity index is 1080. The molecule has 1 aliphatic carbocycles. The molecule has 3 aromatic rings. The molecule has 2 aromatic carbocycles. The molecule has 1 amide bonds. The molecule has 0 spiro atoms. The maximum Gasteiger partial charge on any atom is 0.416 e. The molecule has 0 saturated heterocycles. The van der Waals surface area contributed by atoms with E-state index in [1.165, 1.54) is 19.1 Å². The number of benzene rings is 2. The van der Waals surface area contributed by atoms with Crippen molar-refractivity contribution in [3.8, 4) is 22.5 Å². The highest BCUT2D eigenvalue weighted by Gasteiger charge is 2.35. The molecule has 0 bridgehead atoms. The van der Waals surface area contributed by atoms with Crippen LogP contribution >= 0.6 is 0 Å². The number of aromatic nitrogens is 2. The highest BCUT2D eigenvalue weighted by Crippen LogP contribution is 2.43. The summed E-state index contributed by atoms with van der Waals surface area (Å²) in [4.78, 5) is 24.4. The number of alkyl halides is 3. The van der Waals surface area contributed by atoms with Crippen LogP contribution < -0.4 is 5.32 Å². The van der Waals surface area contributed by atoms with Gasteiger partial charge in [0.15, 0.2) is 5.78 Å². The zero-order valence-corrected chi connectivity index (χ0v) is 13.9. The van der Waals surface area contributed by atoms with Gasteiger partial charge in [0.25, 0.3) is 0 Å². The number of halogens is 3. The predicted molar refractivity (Wildman–Crippen MR) is 92.2 cm³/mol. The van der Waals surface area contributed by atoms with E-state index < -0.39 is 11.7 Å². The number of rotatable bonds is 2. The zero-order valence-electron chi connectivity index (χ0n) is 13.9. The maximum absolute atomic E-state index is 13.0. The predicted octanol–water partition coefficient (Wildman–Crippen LogP) is 4.27. The standard InChI is InChI=1S/C19H12F3N3O2/c1-9(26)23-13-4-2-3-12-14(13)18(27)15-16(24-25-17(12)15)10-5-7-11(8-6-10)19(20,21)22/h2-8H,1H3,(H,23,26)(H,24,25). The number of hydrogen-bond donors (Lipinski definition) is 2. The Hall–Kier alpha value is -3.42. The number of hydrogen-bond acceptors (Lipinski definition) is 3. The lowest BCUT2D eigenvalue weighted by atomic mass is 10.0. The minimum atomic E-state index is -4.44. The van der Waals surface area contributed by atoms with Gasteiger partial charge in [-0.05, 0) is 18.2 Å². The quantitative estimate of drug-likeness (QED) is 0.553. The van der Waals surface area contributed by atoms with Gasteiger partial charge in [-0.15, -0.1) is 0 Å². The lowest BCUT2D eigenvalue weighted by molar-refractivity contribution is -0.137. The minimum Gasteiger partial charge on any atom is -0.326 e. The average Bonchev–Trinajstić information content (AvgIpc) is 3.15. The van der Waals surface area contributed by atoms with Crippen molar-refractivity contribution in [2.75, 3.05) is 5.32 Å². The van der Waals surface area contributed by atoms with Crippen LogP contribution in [0.5, 0.6) is 0 Å². The number of amides is 1. The Balaban J connectivity index is 1.80. The zero-order chi connectivity index (χ0) is 19.3. The van der Waals surface area contributed by atoms with Crippen LogP contribution in [0.25, 0.3) is 22.5 Å². The lowest BCUT2D eigenvalue weighted by Crippen LogP contribution is -2.10. The van der Waals surface area contributed by atoms with E-state index in [9.17, 15) is 22.8 Å². The number of fused-ring (bicyclic) bond motifs is 3. The summed E-state index contributed by atoms with van der Waals surface area (Å²) in [5.74, 6) is -0.654. The Labute approximate surface area is 151 Å². The molecule has 136 valence electrons. The average molecular weight is 371 g/mol. The molecule has 2 N–H and O–H groups in total. The topological polar surface area (TPSA) is 74.8 Å². The monoisotopic (exact) mass is 371 g/mol. The number of ketones is 1. The molecule has 0 saturated carbocycles. The number of carbonyl (C=O) groups is 2. The molecule has 5 nitrogen and oxygen atoms in total. The van der Waals surface area contributed by atoms with Gasteiger partial charge in [0.1, 0.15) is 5.69 Å². The summed E-state index contributed by atoms with van der Waals surface area (Å²) in [5.41, 5.74) is 1.95. The highest BCUT2D eigenvalue weighted by molar-refractivity contribution is 6.26. The van der Waals surface area contributed by atoms with E-state index in [0.29, 0.717) is 33.8 Å². The first-order valence-corrected chi connectivity index (χ1v) is 7.99. The Morgan fingerprint density at radius 1 is 1.07 bits per heavy atom. The second kappa shape index (κ2) is 5.80. The van der Waals surface area contributed by atoms with Gasteiger partial charge in [-0.2, -0.15) is 18.3 Å². The fraction of sp³-hybridized carbons (Fsp3) is 0.105. The van der Waals surface area contributed by atoms with E-state index in [1.807, 2.05) is 0 Å². The van der Waals surface area contributed by atoms with Gasteiger partial charge in [0.2, 0.25) is 5.91 Å². The molecule has 1 aromatic heterocycles. The van der Waals surface area contributed by atoms with Gasteiger partial charge in [0, 0.05) is 18.1 Å². The molecular formula is C19H12F3N3O2. The van der Waals surface area contributed by atoms with Crippen molar-refractivity contribution in [3.05, 3.63) is 59.2 Å². The van der Waals surface area contributed by atoms with Gasteiger partial charge in [0.05, 0.1) is 28.1 Å². The normalized spacial score (nSPS) is 12.7. The van der Waals surface area contributed by atoms with Gasteiger partial charge >= 0.3 is 6.18 Å². The molecule has 8 heteroatoms. The largest absolute Gasteiger partial charge is 0.416 e. The van der Waals surface area contributed by atoms with E-state index in [4.69, 9.17) is 0 Å². The van der Waals surface area contributed by atoms with Gasteiger partial charge < -0.3 is 5.32 Å². The van der Waals surface area contributed by atoms with Crippen molar-refractivity contribution in [2.45, 2.75) is 13.1 Å². The van der Waals surface area contributed by atoms with Crippen LogP contribution in [0.4, 0.5) is 18.9 Å². The second-order valence-corrected chi connectivity index (χ2v) is 6.14. The molecule has 0 aliphatic heterocycles. The summed E-state index contributed by atoms with van der Waals surface area (Å²) < 4.78 is 38.3. The van der Waals surface area contributed by atoms with Gasteiger partial charge in [-0.1, -0.05) is 24.3 Å². The third-order valence-corrected chi connectivity index (χ3v) is 4.35. The number of nitrogens with zero attached hydrogens (tertiary/aromatic N) is 1. The molecule has 0 fully saturated rings. The summed E-state index contributed by atoms with van der Waals surface area (Å²) in [6, 6.07) is 9.52. The van der Waals surface area contributed by atoms with Gasteiger partial charge in [-0.3, -0.25) is 14.7 Å². The maximum atomic E-state index is 13.0. The van der Waals surface area contributed by atoms with Gasteiger partial charge in [-0.25, -0.2) is 0 Å². The fourth-order valence-corrected chi connectivity index (χ4v) is 3.21. The lowest BCUT2D eigenvalue weighted by Gasteiger charge is -2.08. The minimum absolute atomic E-state index is 0.280. The Morgan fingerprint density at radius 2 is 1.78 bits per heavy atom. The molecule has 4 rings (SSSR count). The van der Waals surface area contributed by atoms with Crippen molar-refractivity contribution in [1.82, 2.24) is 10.2 Å². The van der Waals surface area contributed by atoms with Crippen molar-refractivity contribution < 1.29 is 22.8 Å². The number of nitrogens with one attached hydrogen (secondary N) is 2. The van der Waals surface area contributed by atoms with Crippen molar-refractivity contribution in [2.24, 2.45) is 0 Å². The molecule has 0 radical (unpaired) electrons. The van der Waals surface area contributed by atoms with Crippen molar-refractivity contribution in [1.29, 1.82) is 0 Å². The number of anilines is 1. The third kappa shape index (κ3) is 2.69. The van der Waals surface area contributed by atoms with Crippen LogP contribution in [-0.2, 0) is 11.0 Å². The van der Waals surface area contributed by atoms with E-state index >= 15 is 0 Å². The SMILES string of the molecule is CC(=O)Nc1cccc2c1C(=O)c1c-2n[nH]c1-c1ccc(C(F)(F)F)cc1. The first-order chi connectivity index (χ1) is 12.8. The summed E-state index contributed by atoms with van der Waals surface area (Å²) >= 11 is 0. The number of aromatic amines is 1. The van der Waals surface area contributed by atoms with E-state index in [0.717, 1.165) is 12.1 Å². The van der Waals surface area contributed by atoms with Crippen LogP contribution in [0.2, 0.25) is 0 Å². The molecule has 0 unspecified atom stereocenters. The molecule has 27 heavy (non-hydrogen) atoms. The fourth-order valence-electron chi connectivity index (χ4n) is 3.21. The van der Waals surface area contributed by atoms with E-state index in [2.05, 4.69) is 15.5 Å². The van der Waals surface area contributed by atoms with Crippen molar-refractivity contribution in [3.63, 3.8) is 0 Å². The van der Waals surface area contributed by atoms with Crippen LogP contribution in [0, 0.1) is 0 Å². The molecule has 0 atom stereocenters. The summed E-state index contributed by atoms with van der Waals surface area (Å²) in [6.45, 7) is 1.34. The molecule has 1 aliphatic rings. The summed E-state index contributed by atoms with van der Waals surface area (Å²) in [5, 5.41) is 9.54. The van der Waals surface area contributed by atoms with E-state index in [1.54, 1.807) is 18.2 Å². The third-order valence-electron chi connectivity index (χ3n) is 4.35. The Kier molecular flexibility index (Phi) is 3.66. The first-order valence-electron chi connectivity index (χ1n) is 7.99.